The van der Waals surface area contributed by atoms with E-state index in [4.69, 9.17) is 11.2 Å². The van der Waals surface area contributed by atoms with Gasteiger partial charge in [-0.15, -0.1) is 6.42 Å². The average Bonchev–Trinajstić information content (AvgIpc) is 2.87. The number of terminal acetylenes is 1. The maximum Gasteiger partial charge on any atom is 0.304 e. The van der Waals surface area contributed by atoms with Crippen molar-refractivity contribution in [1.82, 2.24) is 0 Å². The van der Waals surface area contributed by atoms with Gasteiger partial charge in [-0.05, 0) is 74.7 Å². The lowest BCUT2D eigenvalue weighted by atomic mass is 9.50. The van der Waals surface area contributed by atoms with Crippen LogP contribution in [0.15, 0.2) is 11.6 Å². The number of fused-ring (bicyclic) bond motifs is 5. The fourth-order valence-corrected chi connectivity index (χ4v) is 6.86. The summed E-state index contributed by atoms with van der Waals surface area (Å²) in [5, 5.41) is 0. The summed E-state index contributed by atoms with van der Waals surface area (Å²) >= 11 is 0. The van der Waals surface area contributed by atoms with Crippen LogP contribution in [-0.4, -0.2) is 17.4 Å². The lowest BCUT2D eigenvalue weighted by Gasteiger charge is -2.55. The Morgan fingerprint density at radius 1 is 1.20 bits per heavy atom. The number of esters is 1. The van der Waals surface area contributed by atoms with Gasteiger partial charge >= 0.3 is 5.97 Å². The molecule has 25 heavy (non-hydrogen) atoms. The fourth-order valence-electron chi connectivity index (χ4n) is 6.86. The van der Waals surface area contributed by atoms with E-state index in [1.807, 2.05) is 6.08 Å². The quantitative estimate of drug-likeness (QED) is 0.534. The van der Waals surface area contributed by atoms with Gasteiger partial charge in [-0.3, -0.25) is 9.59 Å². The molecule has 0 saturated heterocycles. The topological polar surface area (TPSA) is 43.4 Å². The molecular weight excluding hydrogens is 312 g/mol. The minimum absolute atomic E-state index is 0.111. The summed E-state index contributed by atoms with van der Waals surface area (Å²) in [6, 6.07) is 0. The maximum absolute atomic E-state index is 11.8. The second-order valence-corrected chi connectivity index (χ2v) is 8.86. The first-order valence-corrected chi connectivity index (χ1v) is 9.81. The van der Waals surface area contributed by atoms with E-state index in [-0.39, 0.29) is 11.4 Å². The lowest BCUT2D eigenvalue weighted by Crippen LogP contribution is -2.53. The highest BCUT2D eigenvalue weighted by Gasteiger charge is 2.64. The zero-order valence-electron chi connectivity index (χ0n) is 15.3. The molecular formula is C22H28O3. The Balaban J connectivity index is 1.64. The summed E-state index contributed by atoms with van der Waals surface area (Å²) in [5.41, 5.74) is 0.565. The molecule has 4 aliphatic carbocycles. The number of hydrogen-bond acceptors (Lipinski definition) is 3. The number of hydrogen-bond donors (Lipinski definition) is 0. The van der Waals surface area contributed by atoms with E-state index in [1.165, 1.54) is 12.5 Å². The first-order chi connectivity index (χ1) is 11.9. The van der Waals surface area contributed by atoms with Gasteiger partial charge in [0, 0.05) is 18.8 Å². The SMILES string of the molecule is C#C[C@]1(OC(C)=O)CC[C@@H]2[C@@H]3CCC4=CC(=O)CC[C@@H]4[C@H]3CC[C@]21C. The van der Waals surface area contributed by atoms with Crippen molar-refractivity contribution in [2.45, 2.75) is 70.8 Å². The van der Waals surface area contributed by atoms with Gasteiger partial charge in [-0.25, -0.2) is 0 Å². The standard InChI is InChI=1S/C22H28O3/c1-4-22(25-14(2)23)12-10-20-19-7-5-15-13-16(24)6-8-17(15)18(19)9-11-21(20,22)3/h1,13,17-20H,5-12H2,2-3H3/t17-,18+,19+,20+,21+,22-/m0/s1. The van der Waals surface area contributed by atoms with Crippen molar-refractivity contribution in [3.8, 4) is 12.3 Å². The average molecular weight is 340 g/mol. The molecule has 0 bridgehead atoms. The number of ether oxygens (including phenoxy) is 1. The number of carbonyl (C=O) groups excluding carboxylic acids is 2. The summed E-state index contributed by atoms with van der Waals surface area (Å²) in [5.74, 6) is 5.41. The van der Waals surface area contributed by atoms with Crippen LogP contribution in [0.1, 0.15) is 65.2 Å². The van der Waals surface area contributed by atoms with Gasteiger partial charge in [-0.2, -0.15) is 0 Å². The van der Waals surface area contributed by atoms with Gasteiger partial charge in [-0.1, -0.05) is 18.4 Å². The Labute approximate surface area is 150 Å². The third kappa shape index (κ3) is 2.33. The number of carbonyl (C=O) groups is 2. The summed E-state index contributed by atoms with van der Waals surface area (Å²) in [6.07, 6.45) is 15.8. The van der Waals surface area contributed by atoms with Gasteiger partial charge in [0.05, 0.1) is 0 Å². The van der Waals surface area contributed by atoms with Crippen LogP contribution in [0.25, 0.3) is 0 Å². The molecule has 0 aromatic rings. The van der Waals surface area contributed by atoms with Crippen LogP contribution < -0.4 is 0 Å². The van der Waals surface area contributed by atoms with Crippen molar-refractivity contribution < 1.29 is 14.3 Å². The molecule has 0 aromatic heterocycles. The van der Waals surface area contributed by atoms with Crippen molar-refractivity contribution in [2.24, 2.45) is 29.1 Å². The van der Waals surface area contributed by atoms with Gasteiger partial charge in [0.15, 0.2) is 11.4 Å². The largest absolute Gasteiger partial charge is 0.445 e. The van der Waals surface area contributed by atoms with E-state index < -0.39 is 5.60 Å². The monoisotopic (exact) mass is 340 g/mol. The highest BCUT2D eigenvalue weighted by Crippen LogP contribution is 2.65. The van der Waals surface area contributed by atoms with Crippen LogP contribution in [0.2, 0.25) is 0 Å². The molecule has 4 rings (SSSR count). The second kappa shape index (κ2) is 5.73. The Hall–Kier alpha value is -1.56. The first kappa shape index (κ1) is 16.9. The van der Waals surface area contributed by atoms with Gasteiger partial charge < -0.3 is 4.74 Å². The van der Waals surface area contributed by atoms with E-state index in [2.05, 4.69) is 12.8 Å². The predicted molar refractivity (Wildman–Crippen MR) is 95.4 cm³/mol. The molecule has 3 heteroatoms. The van der Waals surface area contributed by atoms with Crippen LogP contribution >= 0.6 is 0 Å². The van der Waals surface area contributed by atoms with E-state index in [1.54, 1.807) is 0 Å². The molecule has 4 aliphatic rings. The molecule has 0 unspecified atom stereocenters. The number of allylic oxidation sites excluding steroid dienone is 1. The van der Waals surface area contributed by atoms with E-state index in [0.29, 0.717) is 35.9 Å². The Kier molecular flexibility index (Phi) is 3.87. The molecule has 3 saturated carbocycles. The first-order valence-electron chi connectivity index (χ1n) is 9.81. The number of rotatable bonds is 1. The van der Waals surface area contributed by atoms with E-state index in [0.717, 1.165) is 44.9 Å². The highest BCUT2D eigenvalue weighted by molar-refractivity contribution is 5.91. The zero-order chi connectivity index (χ0) is 17.8. The smallest absolute Gasteiger partial charge is 0.304 e. The van der Waals surface area contributed by atoms with Crippen molar-refractivity contribution in [3.05, 3.63) is 11.6 Å². The molecule has 0 spiro atoms. The van der Waals surface area contributed by atoms with Gasteiger partial charge in [0.25, 0.3) is 0 Å². The molecule has 0 aromatic carbocycles. The van der Waals surface area contributed by atoms with Crippen molar-refractivity contribution in [3.63, 3.8) is 0 Å². The van der Waals surface area contributed by atoms with Crippen molar-refractivity contribution >= 4 is 11.8 Å². The van der Waals surface area contributed by atoms with Crippen molar-refractivity contribution in [1.29, 1.82) is 0 Å². The molecule has 0 radical (unpaired) electrons. The van der Waals surface area contributed by atoms with E-state index in [9.17, 15) is 9.59 Å². The van der Waals surface area contributed by atoms with Gasteiger partial charge in [0.1, 0.15) is 0 Å². The predicted octanol–water partition coefficient (Wildman–Crippen LogP) is 4.06. The van der Waals surface area contributed by atoms with Crippen LogP contribution in [0.3, 0.4) is 0 Å². The highest BCUT2D eigenvalue weighted by atomic mass is 16.6. The molecule has 134 valence electrons. The summed E-state index contributed by atoms with van der Waals surface area (Å²) < 4.78 is 5.79. The molecule has 0 aliphatic heterocycles. The minimum Gasteiger partial charge on any atom is -0.445 e. The summed E-state index contributed by atoms with van der Waals surface area (Å²) in [4.78, 5) is 23.5. The summed E-state index contributed by atoms with van der Waals surface area (Å²) in [6.45, 7) is 3.73. The summed E-state index contributed by atoms with van der Waals surface area (Å²) in [7, 11) is 0. The molecule has 3 nitrogen and oxygen atoms in total. The lowest BCUT2D eigenvalue weighted by molar-refractivity contribution is -0.167. The Morgan fingerprint density at radius 3 is 2.72 bits per heavy atom. The van der Waals surface area contributed by atoms with Crippen LogP contribution in [0, 0.1) is 41.4 Å². The number of ketones is 1. The normalized spacial score (nSPS) is 45.5. The van der Waals surface area contributed by atoms with Crippen molar-refractivity contribution in [2.75, 3.05) is 0 Å². The second-order valence-electron chi connectivity index (χ2n) is 8.86. The minimum atomic E-state index is -0.729. The van der Waals surface area contributed by atoms with Gasteiger partial charge in [0.2, 0.25) is 0 Å². The molecule has 0 heterocycles. The Bertz CT molecular complexity index is 684. The van der Waals surface area contributed by atoms with E-state index >= 15 is 0 Å². The maximum atomic E-state index is 11.8. The zero-order valence-corrected chi connectivity index (χ0v) is 15.3. The molecule has 0 amide bonds. The Morgan fingerprint density at radius 2 is 2.00 bits per heavy atom. The molecule has 6 atom stereocenters. The molecule has 0 N–H and O–H groups in total. The van der Waals surface area contributed by atoms with Crippen LogP contribution in [0.4, 0.5) is 0 Å². The molecule has 3 fully saturated rings. The fraction of sp³-hybridized carbons (Fsp3) is 0.727. The third-order valence-corrected chi connectivity index (χ3v) is 7.97. The van der Waals surface area contributed by atoms with Crippen LogP contribution in [-0.2, 0) is 14.3 Å². The van der Waals surface area contributed by atoms with Crippen LogP contribution in [0.5, 0.6) is 0 Å². The third-order valence-electron chi connectivity index (χ3n) is 7.97.